The molecule has 0 saturated carbocycles. The Morgan fingerprint density at radius 1 is 0.857 bits per heavy atom. The van der Waals surface area contributed by atoms with Crippen molar-refractivity contribution in [1.29, 1.82) is 0 Å². The normalized spacial score (nSPS) is 14.7. The molecule has 0 radical (unpaired) electrons. The van der Waals surface area contributed by atoms with Gasteiger partial charge in [0.1, 0.15) is 17.1 Å². The van der Waals surface area contributed by atoms with E-state index in [1.807, 2.05) is 54.6 Å². The molecule has 0 aliphatic carbocycles. The van der Waals surface area contributed by atoms with Crippen LogP contribution in [0.5, 0.6) is 11.5 Å². The number of nitrogens with one attached hydrogen (secondary N) is 1. The van der Waals surface area contributed by atoms with Gasteiger partial charge in [0.15, 0.2) is 5.11 Å². The fourth-order valence-corrected chi connectivity index (χ4v) is 3.83. The molecule has 3 aromatic carbocycles. The lowest BCUT2D eigenvalue weighted by atomic mass is 10.0. The Morgan fingerprint density at radius 2 is 1.57 bits per heavy atom. The van der Waals surface area contributed by atoms with E-state index < -0.39 is 11.8 Å². The Bertz CT molecular complexity index is 1420. The number of nitrogens with zero attached hydrogens (tertiary/aromatic N) is 3. The van der Waals surface area contributed by atoms with E-state index in [-0.39, 0.29) is 10.7 Å². The van der Waals surface area contributed by atoms with Gasteiger partial charge in [-0.15, -0.1) is 0 Å². The molecule has 1 aliphatic heterocycles. The minimum absolute atomic E-state index is 0.0181. The summed E-state index contributed by atoms with van der Waals surface area (Å²) in [5.41, 5.74) is 2.80. The number of thiocarbonyl (C=S) groups is 1. The van der Waals surface area contributed by atoms with E-state index in [2.05, 4.69) is 15.3 Å². The minimum Gasteiger partial charge on any atom is -0.457 e. The fraction of sp³-hybridized carbons (Fsp3) is 0. The van der Waals surface area contributed by atoms with Crippen LogP contribution in [0, 0.1) is 0 Å². The Morgan fingerprint density at radius 3 is 2.26 bits per heavy atom. The van der Waals surface area contributed by atoms with Crippen LogP contribution >= 0.6 is 12.2 Å². The largest absolute Gasteiger partial charge is 0.457 e. The molecule has 0 spiro atoms. The number of benzene rings is 3. The van der Waals surface area contributed by atoms with Gasteiger partial charge in [-0.25, -0.2) is 0 Å². The number of aromatic nitrogens is 2. The number of hydrogen-bond acceptors (Lipinski definition) is 6. The van der Waals surface area contributed by atoms with Crippen molar-refractivity contribution in [3.05, 3.63) is 109 Å². The SMILES string of the molecule is O=C1NC(=S)N(c2ccc(Oc3ccccc3)cc2)C(=O)/C1=C/c1ccc(-c2cnccn2)cc1. The summed E-state index contributed by atoms with van der Waals surface area (Å²) < 4.78 is 5.81. The molecular weight excluding hydrogens is 460 g/mol. The zero-order chi connectivity index (χ0) is 24.2. The summed E-state index contributed by atoms with van der Waals surface area (Å²) in [6, 6.07) is 23.6. The quantitative estimate of drug-likeness (QED) is 0.253. The molecule has 1 aromatic heterocycles. The van der Waals surface area contributed by atoms with Crippen molar-refractivity contribution < 1.29 is 14.3 Å². The maximum Gasteiger partial charge on any atom is 0.270 e. The second-order valence-corrected chi connectivity index (χ2v) is 7.97. The molecule has 35 heavy (non-hydrogen) atoms. The maximum absolute atomic E-state index is 13.3. The zero-order valence-corrected chi connectivity index (χ0v) is 19.1. The molecule has 1 aliphatic rings. The van der Waals surface area contributed by atoms with Crippen LogP contribution in [-0.4, -0.2) is 26.9 Å². The van der Waals surface area contributed by atoms with E-state index >= 15 is 0 Å². The molecule has 8 heteroatoms. The van der Waals surface area contributed by atoms with Gasteiger partial charge in [-0.05, 0) is 60.3 Å². The molecule has 2 heterocycles. The molecule has 1 saturated heterocycles. The summed E-state index contributed by atoms with van der Waals surface area (Å²) in [7, 11) is 0. The summed E-state index contributed by atoms with van der Waals surface area (Å²) in [4.78, 5) is 35.5. The molecule has 170 valence electrons. The molecule has 4 aromatic rings. The van der Waals surface area contributed by atoms with E-state index in [1.54, 1.807) is 48.9 Å². The summed E-state index contributed by atoms with van der Waals surface area (Å²) in [5.74, 6) is 0.262. The van der Waals surface area contributed by atoms with Gasteiger partial charge in [-0.3, -0.25) is 29.8 Å². The fourth-order valence-electron chi connectivity index (χ4n) is 3.54. The average molecular weight is 479 g/mol. The summed E-state index contributed by atoms with van der Waals surface area (Å²) >= 11 is 5.29. The van der Waals surface area contributed by atoms with Crippen LogP contribution in [0.25, 0.3) is 17.3 Å². The number of rotatable bonds is 5. The Kier molecular flexibility index (Phi) is 6.11. The molecular formula is C27H18N4O3S. The van der Waals surface area contributed by atoms with Crippen molar-refractivity contribution in [3.63, 3.8) is 0 Å². The third kappa shape index (κ3) is 4.83. The highest BCUT2D eigenvalue weighted by atomic mass is 32.1. The van der Waals surface area contributed by atoms with Crippen LogP contribution in [-0.2, 0) is 9.59 Å². The average Bonchev–Trinajstić information content (AvgIpc) is 2.89. The van der Waals surface area contributed by atoms with E-state index in [1.165, 1.54) is 4.90 Å². The first kappa shape index (κ1) is 22.1. The topological polar surface area (TPSA) is 84.4 Å². The monoisotopic (exact) mass is 478 g/mol. The number of amides is 2. The summed E-state index contributed by atoms with van der Waals surface area (Å²) in [5, 5.41) is 2.62. The lowest BCUT2D eigenvalue weighted by Crippen LogP contribution is -2.54. The lowest BCUT2D eigenvalue weighted by molar-refractivity contribution is -0.122. The number of para-hydroxylation sites is 1. The standard InChI is InChI=1S/C27H18N4O3S/c32-25-23(16-18-6-8-19(9-7-18)24-17-28-14-15-29-24)26(33)31(27(35)30-25)20-10-12-22(13-11-20)34-21-4-2-1-3-5-21/h1-17H,(H,30,32,35)/b23-16+. The highest BCUT2D eigenvalue weighted by molar-refractivity contribution is 7.80. The van der Waals surface area contributed by atoms with Crippen LogP contribution in [0.1, 0.15) is 5.56 Å². The van der Waals surface area contributed by atoms with Crippen LogP contribution in [0.4, 0.5) is 5.69 Å². The molecule has 0 bridgehead atoms. The number of carbonyl (C=O) groups excluding carboxylic acids is 2. The molecule has 1 fully saturated rings. The van der Waals surface area contributed by atoms with Crippen molar-refractivity contribution >= 4 is 40.9 Å². The first-order valence-corrected chi connectivity index (χ1v) is 11.1. The van der Waals surface area contributed by atoms with Gasteiger partial charge in [-0.1, -0.05) is 42.5 Å². The lowest BCUT2D eigenvalue weighted by Gasteiger charge is -2.29. The number of ether oxygens (including phenoxy) is 1. The van der Waals surface area contributed by atoms with Gasteiger partial charge in [0.2, 0.25) is 0 Å². The van der Waals surface area contributed by atoms with E-state index in [9.17, 15) is 9.59 Å². The van der Waals surface area contributed by atoms with Crippen molar-refractivity contribution in [1.82, 2.24) is 15.3 Å². The van der Waals surface area contributed by atoms with Crippen molar-refractivity contribution in [2.24, 2.45) is 0 Å². The first-order valence-electron chi connectivity index (χ1n) is 10.7. The van der Waals surface area contributed by atoms with E-state index in [0.717, 1.165) is 11.3 Å². The Labute approximate surface area is 206 Å². The highest BCUT2D eigenvalue weighted by Crippen LogP contribution is 2.27. The second-order valence-electron chi connectivity index (χ2n) is 7.58. The Balaban J connectivity index is 1.38. The van der Waals surface area contributed by atoms with Gasteiger partial charge in [0, 0.05) is 18.0 Å². The van der Waals surface area contributed by atoms with Gasteiger partial charge < -0.3 is 4.74 Å². The van der Waals surface area contributed by atoms with Crippen LogP contribution in [0.3, 0.4) is 0 Å². The van der Waals surface area contributed by atoms with Crippen LogP contribution < -0.4 is 15.0 Å². The zero-order valence-electron chi connectivity index (χ0n) is 18.3. The third-order valence-corrected chi connectivity index (χ3v) is 5.54. The maximum atomic E-state index is 13.3. The summed E-state index contributed by atoms with van der Waals surface area (Å²) in [6.07, 6.45) is 6.43. The molecule has 0 atom stereocenters. The molecule has 2 amide bonds. The Hall–Kier alpha value is -4.69. The van der Waals surface area contributed by atoms with E-state index in [0.29, 0.717) is 22.7 Å². The molecule has 5 rings (SSSR count). The van der Waals surface area contributed by atoms with Crippen LogP contribution in [0.2, 0.25) is 0 Å². The number of anilines is 1. The van der Waals surface area contributed by atoms with Gasteiger partial charge in [0.25, 0.3) is 11.8 Å². The van der Waals surface area contributed by atoms with E-state index in [4.69, 9.17) is 17.0 Å². The minimum atomic E-state index is -0.543. The van der Waals surface area contributed by atoms with Crippen molar-refractivity contribution in [3.8, 4) is 22.8 Å². The van der Waals surface area contributed by atoms with Gasteiger partial charge in [-0.2, -0.15) is 0 Å². The van der Waals surface area contributed by atoms with Crippen LogP contribution in [0.15, 0.2) is 103 Å². The predicted octanol–water partition coefficient (Wildman–Crippen LogP) is 4.77. The third-order valence-electron chi connectivity index (χ3n) is 5.26. The van der Waals surface area contributed by atoms with Gasteiger partial charge >= 0.3 is 0 Å². The highest BCUT2D eigenvalue weighted by Gasteiger charge is 2.34. The number of carbonyl (C=O) groups is 2. The molecule has 1 N–H and O–H groups in total. The summed E-state index contributed by atoms with van der Waals surface area (Å²) in [6.45, 7) is 0. The first-order chi connectivity index (χ1) is 17.1. The van der Waals surface area contributed by atoms with Gasteiger partial charge in [0.05, 0.1) is 17.6 Å². The number of hydrogen-bond donors (Lipinski definition) is 1. The smallest absolute Gasteiger partial charge is 0.270 e. The molecule has 0 unspecified atom stereocenters. The van der Waals surface area contributed by atoms with Crippen molar-refractivity contribution in [2.45, 2.75) is 0 Å². The van der Waals surface area contributed by atoms with Crippen molar-refractivity contribution in [2.75, 3.05) is 4.90 Å². The second kappa shape index (κ2) is 9.66. The molecule has 7 nitrogen and oxygen atoms in total. The predicted molar refractivity (Wildman–Crippen MR) is 137 cm³/mol.